The van der Waals surface area contributed by atoms with Crippen LogP contribution in [0.15, 0.2) is 16.8 Å². The summed E-state index contributed by atoms with van der Waals surface area (Å²) >= 11 is 1.53. The summed E-state index contributed by atoms with van der Waals surface area (Å²) in [6.07, 6.45) is 5.37. The van der Waals surface area contributed by atoms with Gasteiger partial charge in [-0.05, 0) is 75.7 Å². The normalized spacial score (nSPS) is 25.7. The average molecular weight is 789 g/mol. The maximum absolute atomic E-state index is 13.8. The molecule has 4 aromatic rings. The van der Waals surface area contributed by atoms with Crippen molar-refractivity contribution in [3.63, 3.8) is 0 Å². The number of nitrogen functional groups attached to an aromatic ring is 1. The van der Waals surface area contributed by atoms with E-state index in [-0.39, 0.29) is 23.9 Å². The summed E-state index contributed by atoms with van der Waals surface area (Å²) < 4.78 is 39.4. The van der Waals surface area contributed by atoms with Crippen LogP contribution in [0.1, 0.15) is 84.8 Å². The zero-order valence-electron chi connectivity index (χ0n) is 31.6. The molecule has 5 aliphatic rings. The Hall–Kier alpha value is -4.73. The van der Waals surface area contributed by atoms with Crippen molar-refractivity contribution in [3.8, 4) is 17.5 Å². The molecule has 0 aromatic carbocycles. The summed E-state index contributed by atoms with van der Waals surface area (Å²) in [7, 11) is 1.58. The summed E-state index contributed by atoms with van der Waals surface area (Å²) in [5, 5.41) is 26.3. The highest BCUT2D eigenvalue weighted by Gasteiger charge is 2.49. The molecule has 3 fully saturated rings. The molecule has 6 heterocycles. The Morgan fingerprint density at radius 2 is 2.02 bits per heavy atom. The zero-order valence-corrected chi connectivity index (χ0v) is 32.4. The van der Waals surface area contributed by atoms with Crippen molar-refractivity contribution in [3.05, 3.63) is 45.2 Å². The number of alkyl halides is 2. The second-order valence-corrected chi connectivity index (χ2v) is 17.0. The highest BCUT2D eigenvalue weighted by Crippen LogP contribution is 2.55. The molecule has 296 valence electrons. The first-order chi connectivity index (χ1) is 27.2. The Balaban J connectivity index is 1.07. The van der Waals surface area contributed by atoms with Crippen molar-refractivity contribution in [1.29, 1.82) is 5.26 Å². The van der Waals surface area contributed by atoms with Gasteiger partial charge >= 0.3 is 6.03 Å². The molecule has 1 saturated carbocycles. The minimum absolute atomic E-state index is 0.0957. The number of piperazine rings is 1. The topological polar surface area (TPSA) is 180 Å². The van der Waals surface area contributed by atoms with Crippen LogP contribution in [0.3, 0.4) is 0 Å². The third-order valence-electron chi connectivity index (χ3n) is 12.8. The Labute approximate surface area is 327 Å². The van der Waals surface area contributed by atoms with Gasteiger partial charge in [-0.3, -0.25) is 0 Å². The Kier molecular flexibility index (Phi) is 9.65. The number of aromatic nitrogens is 6. The Morgan fingerprint density at radius 1 is 1.23 bits per heavy atom. The van der Waals surface area contributed by atoms with Gasteiger partial charge in [0.05, 0.1) is 24.1 Å². The fourth-order valence-corrected chi connectivity index (χ4v) is 11.4. The van der Waals surface area contributed by atoms with Gasteiger partial charge in [-0.25, -0.2) is 18.6 Å². The second kappa shape index (κ2) is 14.6. The Morgan fingerprint density at radius 3 is 2.73 bits per heavy atom. The van der Waals surface area contributed by atoms with Crippen LogP contribution in [0.4, 0.5) is 30.3 Å². The van der Waals surface area contributed by atoms with E-state index in [2.05, 4.69) is 38.4 Å². The van der Waals surface area contributed by atoms with Crippen LogP contribution in [-0.2, 0) is 23.0 Å². The van der Waals surface area contributed by atoms with Crippen molar-refractivity contribution >= 4 is 34.1 Å². The minimum Gasteiger partial charge on any atom is -0.389 e. The van der Waals surface area contributed by atoms with Gasteiger partial charge in [0.2, 0.25) is 5.95 Å². The number of halogens is 2. The molecule has 9 rings (SSSR count). The third kappa shape index (κ3) is 6.09. The van der Waals surface area contributed by atoms with Crippen molar-refractivity contribution < 1.29 is 22.8 Å². The molecule has 2 aliphatic heterocycles. The largest absolute Gasteiger partial charge is 0.389 e. The molecule has 18 heteroatoms. The van der Waals surface area contributed by atoms with E-state index in [9.17, 15) is 18.8 Å². The van der Waals surface area contributed by atoms with Crippen molar-refractivity contribution in [1.82, 2.24) is 40.3 Å². The molecule has 1 amide bonds. The fraction of sp³-hybridized carbons (Fsp3) is 0.605. The second-order valence-electron chi connectivity index (χ2n) is 15.9. The number of methoxy groups -OCH3 is 1. The van der Waals surface area contributed by atoms with E-state index in [1.807, 2.05) is 6.07 Å². The number of hydrogen-bond donors (Lipinski definition) is 2. The first-order valence-electron chi connectivity index (χ1n) is 19.6. The highest BCUT2D eigenvalue weighted by molar-refractivity contribution is 7.16. The fourth-order valence-electron chi connectivity index (χ4n) is 10.3. The number of aryl methyl sites for hydroxylation is 1. The number of carbonyl (C=O) groups is 1. The summed E-state index contributed by atoms with van der Waals surface area (Å²) in [5.41, 5.74) is 9.70. The van der Waals surface area contributed by atoms with E-state index in [0.717, 1.165) is 105 Å². The van der Waals surface area contributed by atoms with Crippen LogP contribution in [0.2, 0.25) is 0 Å². The number of anilines is 3. The van der Waals surface area contributed by atoms with Crippen molar-refractivity contribution in [2.75, 3.05) is 68.5 Å². The summed E-state index contributed by atoms with van der Waals surface area (Å²) in [5.74, 6) is 2.25. The number of fused-ring (bicyclic) bond motifs is 6. The molecule has 2 saturated heterocycles. The van der Waals surface area contributed by atoms with E-state index in [1.165, 1.54) is 16.2 Å². The molecular formula is C38H46F2N12O3S. The van der Waals surface area contributed by atoms with E-state index < -0.39 is 23.6 Å². The smallest absolute Gasteiger partial charge is 0.346 e. The van der Waals surface area contributed by atoms with Crippen LogP contribution >= 0.6 is 11.3 Å². The first kappa shape index (κ1) is 36.9. The quantitative estimate of drug-likeness (QED) is 0.250. The number of nitrogens with one attached hydrogen (secondary N) is 1. The molecule has 0 radical (unpaired) electrons. The van der Waals surface area contributed by atoms with Crippen LogP contribution in [0.5, 0.6) is 0 Å². The molecule has 15 nitrogen and oxygen atoms in total. The van der Waals surface area contributed by atoms with Gasteiger partial charge in [-0.15, -0.1) is 16.4 Å². The van der Waals surface area contributed by atoms with Gasteiger partial charge in [0.25, 0.3) is 6.43 Å². The van der Waals surface area contributed by atoms with E-state index in [1.54, 1.807) is 12.0 Å². The molecule has 4 atom stereocenters. The number of piperidine rings is 1. The zero-order chi connectivity index (χ0) is 38.7. The van der Waals surface area contributed by atoms with E-state index in [0.29, 0.717) is 54.2 Å². The summed E-state index contributed by atoms with van der Waals surface area (Å²) in [6.45, 7) is 6.41. The number of amides is 1. The van der Waals surface area contributed by atoms with Gasteiger partial charge in [-0.1, -0.05) is 10.4 Å². The first-order valence-corrected chi connectivity index (χ1v) is 20.4. The summed E-state index contributed by atoms with van der Waals surface area (Å²) in [6, 6.07) is 3.98. The average Bonchev–Trinajstić information content (AvgIpc) is 3.99. The summed E-state index contributed by atoms with van der Waals surface area (Å²) in [4.78, 5) is 31.7. The Bertz CT molecular complexity index is 2150. The molecular weight excluding hydrogens is 743 g/mol. The van der Waals surface area contributed by atoms with Crippen LogP contribution in [-0.4, -0.2) is 106 Å². The van der Waals surface area contributed by atoms with Crippen molar-refractivity contribution in [2.24, 2.45) is 11.8 Å². The third-order valence-corrected chi connectivity index (χ3v) is 13.8. The van der Waals surface area contributed by atoms with Gasteiger partial charge in [0.1, 0.15) is 28.3 Å². The highest BCUT2D eigenvalue weighted by atomic mass is 32.1. The molecule has 2 bridgehead atoms. The van der Waals surface area contributed by atoms with Crippen LogP contribution in [0, 0.1) is 23.2 Å². The number of nitrogens with two attached hydrogens (primary N) is 1. The van der Waals surface area contributed by atoms with Gasteiger partial charge in [-0.2, -0.15) is 14.9 Å². The van der Waals surface area contributed by atoms with Crippen molar-refractivity contribution in [2.45, 2.75) is 82.2 Å². The lowest BCUT2D eigenvalue weighted by molar-refractivity contribution is 0.0944. The van der Waals surface area contributed by atoms with Crippen LogP contribution in [0.25, 0.3) is 11.5 Å². The maximum atomic E-state index is 13.8. The molecule has 3 aliphatic carbocycles. The molecule has 4 aromatic heterocycles. The number of ether oxygens (including phenoxy) is 1. The minimum atomic E-state index is -2.82. The SMILES string of the molecule is COCCN(C(=O)n1cc(C(F)F)nn1)C1C2CCC1CN(c1cc(-c3onc4c3CCC[C@@]43CCCc4sc(N)c(C#N)c43)nc(N3CCNC[C@@H]3C)n1)C2. The lowest BCUT2D eigenvalue weighted by Gasteiger charge is -2.44. The molecule has 1 spiro atoms. The van der Waals surface area contributed by atoms with E-state index >= 15 is 0 Å². The molecule has 56 heavy (non-hydrogen) atoms. The standard InChI is InChI=1S/C38H46F2N12O3S/c1-21-17-43-11-12-50(21)36-44-26(32-24-5-3-9-38(33(24)47-55-32)10-4-6-28-30(38)25(16-41)35(42)56-28)15-29(45-36)49-18-22-7-8-23(19-49)31(22)51(13-14-54-2)37(53)52-20-27(34(39)40)46-48-52/h15,20-23,31,34,43H,3-14,17-19,42H2,1-2H3/t21-,22?,23?,31?,38-/m0/s1. The lowest BCUT2D eigenvalue weighted by Crippen LogP contribution is -2.56. The van der Waals surface area contributed by atoms with Crippen LogP contribution < -0.4 is 20.9 Å². The number of nitriles is 1. The number of hydrogen-bond acceptors (Lipinski definition) is 14. The van der Waals surface area contributed by atoms with Gasteiger partial charge < -0.3 is 35.0 Å². The predicted octanol–water partition coefficient (Wildman–Crippen LogP) is 4.76. The predicted molar refractivity (Wildman–Crippen MR) is 204 cm³/mol. The monoisotopic (exact) mass is 788 g/mol. The number of nitrogens with zero attached hydrogens (tertiary/aromatic N) is 10. The molecule has 3 N–H and O–H groups in total. The van der Waals surface area contributed by atoms with Gasteiger partial charge in [0.15, 0.2) is 5.76 Å². The number of rotatable bonds is 8. The number of thiophene rings is 1. The van der Waals surface area contributed by atoms with Gasteiger partial charge in [0, 0.05) is 80.4 Å². The molecule has 2 unspecified atom stereocenters. The van der Waals surface area contributed by atoms with E-state index in [4.69, 9.17) is 30.1 Å². The number of carbonyl (C=O) groups excluding carboxylic acids is 1. The maximum Gasteiger partial charge on any atom is 0.346 e. The lowest BCUT2D eigenvalue weighted by atomic mass is 9.62.